The topological polar surface area (TPSA) is 61.3 Å². The molecule has 5 heteroatoms. The number of nitrogens with zero attached hydrogens (tertiary/aromatic N) is 3. The van der Waals surface area contributed by atoms with Gasteiger partial charge in [-0.15, -0.1) is 0 Å². The highest BCUT2D eigenvalue weighted by Gasteiger charge is 2.28. The number of rotatable bonds is 6. The first-order valence-corrected chi connectivity index (χ1v) is 8.13. The molecule has 0 unspecified atom stereocenters. The van der Waals surface area contributed by atoms with Crippen LogP contribution < -0.4 is 10.2 Å². The van der Waals surface area contributed by atoms with Crippen molar-refractivity contribution in [2.75, 3.05) is 29.9 Å². The van der Waals surface area contributed by atoms with E-state index in [4.69, 9.17) is 4.98 Å². The molecule has 0 aliphatic carbocycles. The zero-order chi connectivity index (χ0) is 15.3. The normalized spacial score (nSPS) is 17.8. The minimum atomic E-state index is -0.529. The van der Waals surface area contributed by atoms with Gasteiger partial charge in [-0.05, 0) is 32.6 Å². The van der Waals surface area contributed by atoms with Crippen LogP contribution in [0.15, 0.2) is 6.07 Å². The molecule has 1 aliphatic heterocycles. The molecular weight excluding hydrogens is 264 g/mol. The zero-order valence-corrected chi connectivity index (χ0v) is 13.5. The summed E-state index contributed by atoms with van der Waals surface area (Å²) in [6.45, 7) is 8.84. The monoisotopic (exact) mass is 292 g/mol. The van der Waals surface area contributed by atoms with E-state index in [1.165, 1.54) is 0 Å². The molecule has 21 heavy (non-hydrogen) atoms. The van der Waals surface area contributed by atoms with Crippen molar-refractivity contribution in [3.05, 3.63) is 11.9 Å². The lowest BCUT2D eigenvalue weighted by molar-refractivity contribution is 0.0350. The molecule has 1 saturated heterocycles. The summed E-state index contributed by atoms with van der Waals surface area (Å²) in [6.07, 6.45) is 4.61. The van der Waals surface area contributed by atoms with E-state index in [1.54, 1.807) is 0 Å². The van der Waals surface area contributed by atoms with Crippen molar-refractivity contribution in [3.8, 4) is 0 Å². The van der Waals surface area contributed by atoms with Crippen molar-refractivity contribution in [2.24, 2.45) is 0 Å². The molecule has 0 aromatic carbocycles. The largest absolute Gasteiger partial charge is 0.390 e. The Morgan fingerprint density at radius 1 is 1.24 bits per heavy atom. The highest BCUT2D eigenvalue weighted by atomic mass is 16.3. The van der Waals surface area contributed by atoms with Crippen molar-refractivity contribution in [3.63, 3.8) is 0 Å². The maximum absolute atomic E-state index is 10.1. The van der Waals surface area contributed by atoms with E-state index in [0.29, 0.717) is 0 Å². The Morgan fingerprint density at radius 3 is 2.57 bits per heavy atom. The van der Waals surface area contributed by atoms with Crippen LogP contribution in [-0.2, 0) is 6.42 Å². The molecule has 1 aliphatic rings. The molecule has 0 saturated carbocycles. The van der Waals surface area contributed by atoms with Gasteiger partial charge < -0.3 is 15.3 Å². The van der Waals surface area contributed by atoms with Gasteiger partial charge in [-0.3, -0.25) is 0 Å². The summed E-state index contributed by atoms with van der Waals surface area (Å²) >= 11 is 0. The molecule has 2 heterocycles. The molecule has 0 bridgehead atoms. The van der Waals surface area contributed by atoms with Crippen LogP contribution in [0.25, 0.3) is 0 Å². The summed E-state index contributed by atoms with van der Waals surface area (Å²) in [5, 5.41) is 13.4. The fourth-order valence-electron chi connectivity index (χ4n) is 2.54. The van der Waals surface area contributed by atoms with Crippen LogP contribution in [-0.4, -0.2) is 40.3 Å². The zero-order valence-electron chi connectivity index (χ0n) is 13.5. The number of hydrogen-bond donors (Lipinski definition) is 2. The fraction of sp³-hybridized carbons (Fsp3) is 0.750. The third kappa shape index (κ3) is 4.56. The van der Waals surface area contributed by atoms with Crippen LogP contribution in [0.1, 0.15) is 52.3 Å². The molecule has 118 valence electrons. The first kappa shape index (κ1) is 16.0. The Kier molecular flexibility index (Phi) is 5.39. The Labute approximate surface area is 127 Å². The number of aliphatic hydroxyl groups is 1. The lowest BCUT2D eigenvalue weighted by atomic mass is 9.94. The van der Waals surface area contributed by atoms with E-state index < -0.39 is 5.60 Å². The lowest BCUT2D eigenvalue weighted by Crippen LogP contribution is -2.42. The van der Waals surface area contributed by atoms with Crippen LogP contribution in [0, 0.1) is 0 Å². The van der Waals surface area contributed by atoms with Gasteiger partial charge in [0.1, 0.15) is 17.5 Å². The average molecular weight is 292 g/mol. The highest BCUT2D eigenvalue weighted by molar-refractivity contribution is 5.50. The Balaban J connectivity index is 2.15. The van der Waals surface area contributed by atoms with Crippen molar-refractivity contribution in [1.82, 2.24) is 9.97 Å². The van der Waals surface area contributed by atoms with Crippen LogP contribution in [0.3, 0.4) is 0 Å². The van der Waals surface area contributed by atoms with E-state index in [2.05, 4.69) is 29.0 Å². The van der Waals surface area contributed by atoms with E-state index in [1.807, 2.05) is 13.0 Å². The second-order valence-electron chi connectivity index (χ2n) is 6.19. The van der Waals surface area contributed by atoms with Gasteiger partial charge in [-0.2, -0.15) is 0 Å². The second kappa shape index (κ2) is 7.07. The summed E-state index contributed by atoms with van der Waals surface area (Å²) in [5.41, 5.74) is -0.529. The molecule has 1 aromatic heterocycles. The van der Waals surface area contributed by atoms with Gasteiger partial charge in [0, 0.05) is 32.1 Å². The third-order valence-electron chi connectivity index (χ3n) is 3.95. The molecular formula is C16H28N4O. The summed E-state index contributed by atoms with van der Waals surface area (Å²) in [7, 11) is 0. The van der Waals surface area contributed by atoms with Gasteiger partial charge in [-0.25, -0.2) is 9.97 Å². The lowest BCUT2D eigenvalue weighted by Gasteiger charge is -2.36. The Bertz CT molecular complexity index is 452. The molecule has 1 aromatic rings. The van der Waals surface area contributed by atoms with E-state index in [-0.39, 0.29) is 0 Å². The first-order chi connectivity index (χ1) is 10.0. The Morgan fingerprint density at radius 2 is 1.95 bits per heavy atom. The van der Waals surface area contributed by atoms with Crippen molar-refractivity contribution >= 4 is 11.6 Å². The highest BCUT2D eigenvalue weighted by Crippen LogP contribution is 2.26. The standard InChI is InChI=1S/C16H28N4O/c1-4-6-13-18-14(17-9-5-2)12-15(19-13)20-10-7-16(3,21)8-11-20/h12,21H,4-11H2,1-3H3,(H,17,18,19). The maximum atomic E-state index is 10.1. The first-order valence-electron chi connectivity index (χ1n) is 8.13. The predicted octanol–water partition coefficient (Wildman–Crippen LogP) is 2.60. The maximum Gasteiger partial charge on any atom is 0.134 e. The van der Waals surface area contributed by atoms with Gasteiger partial charge in [-0.1, -0.05) is 13.8 Å². The quantitative estimate of drug-likeness (QED) is 0.844. The van der Waals surface area contributed by atoms with Gasteiger partial charge in [0.2, 0.25) is 0 Å². The van der Waals surface area contributed by atoms with E-state index in [0.717, 1.165) is 69.2 Å². The van der Waals surface area contributed by atoms with Crippen LogP contribution >= 0.6 is 0 Å². The van der Waals surface area contributed by atoms with Crippen molar-refractivity contribution in [2.45, 2.75) is 58.5 Å². The van der Waals surface area contributed by atoms with Gasteiger partial charge in [0.15, 0.2) is 0 Å². The number of anilines is 2. The van der Waals surface area contributed by atoms with E-state index in [9.17, 15) is 5.11 Å². The SMILES string of the molecule is CCCNc1cc(N2CCC(C)(O)CC2)nc(CCC)n1. The van der Waals surface area contributed by atoms with E-state index >= 15 is 0 Å². The predicted molar refractivity (Wildman–Crippen MR) is 86.9 cm³/mol. The smallest absolute Gasteiger partial charge is 0.134 e. The minimum Gasteiger partial charge on any atom is -0.390 e. The van der Waals surface area contributed by atoms with Gasteiger partial charge >= 0.3 is 0 Å². The van der Waals surface area contributed by atoms with Crippen LogP contribution in [0.5, 0.6) is 0 Å². The summed E-state index contributed by atoms with van der Waals surface area (Å²) in [4.78, 5) is 11.5. The molecule has 1 fully saturated rings. The number of nitrogens with one attached hydrogen (secondary N) is 1. The molecule has 0 amide bonds. The van der Waals surface area contributed by atoms with Gasteiger partial charge in [0.25, 0.3) is 0 Å². The molecule has 0 radical (unpaired) electrons. The summed E-state index contributed by atoms with van der Waals surface area (Å²) in [5.74, 6) is 2.82. The fourth-order valence-corrected chi connectivity index (χ4v) is 2.54. The Hall–Kier alpha value is -1.36. The van der Waals surface area contributed by atoms with Crippen molar-refractivity contribution < 1.29 is 5.11 Å². The van der Waals surface area contributed by atoms with Crippen LogP contribution in [0.4, 0.5) is 11.6 Å². The summed E-state index contributed by atoms with van der Waals surface area (Å²) in [6, 6.07) is 2.04. The average Bonchev–Trinajstić information content (AvgIpc) is 2.45. The summed E-state index contributed by atoms with van der Waals surface area (Å²) < 4.78 is 0. The number of aryl methyl sites for hydroxylation is 1. The molecule has 0 atom stereocenters. The molecule has 0 spiro atoms. The number of aromatic nitrogens is 2. The number of hydrogen-bond acceptors (Lipinski definition) is 5. The molecule has 5 nitrogen and oxygen atoms in total. The number of piperidine rings is 1. The van der Waals surface area contributed by atoms with Crippen LogP contribution in [0.2, 0.25) is 0 Å². The van der Waals surface area contributed by atoms with Crippen molar-refractivity contribution in [1.29, 1.82) is 0 Å². The second-order valence-corrected chi connectivity index (χ2v) is 6.19. The molecule has 2 N–H and O–H groups in total. The third-order valence-corrected chi connectivity index (χ3v) is 3.95. The minimum absolute atomic E-state index is 0.529. The molecule has 2 rings (SSSR count). The van der Waals surface area contributed by atoms with Gasteiger partial charge in [0.05, 0.1) is 5.60 Å².